The van der Waals surface area contributed by atoms with Gasteiger partial charge in [0.05, 0.1) is 0 Å². The van der Waals surface area contributed by atoms with Gasteiger partial charge in [-0.1, -0.05) is 157 Å². The van der Waals surface area contributed by atoms with Crippen molar-refractivity contribution < 1.29 is 0 Å². The zero-order valence-electron chi connectivity index (χ0n) is 21.4. The van der Waals surface area contributed by atoms with Crippen molar-refractivity contribution in [1.29, 1.82) is 0 Å². The van der Waals surface area contributed by atoms with Crippen LogP contribution in [0.2, 0.25) is 0 Å². The van der Waals surface area contributed by atoms with Crippen LogP contribution in [0, 0.1) is 6.92 Å². The second-order valence-electron chi connectivity index (χ2n) is 10.2. The van der Waals surface area contributed by atoms with Crippen LogP contribution in [-0.2, 0) is 0 Å². The smallest absolute Gasteiger partial charge is 0.0623 e. The van der Waals surface area contributed by atoms with Gasteiger partial charge in [0.2, 0.25) is 0 Å². The monoisotopic (exact) mass is 500 g/mol. The Morgan fingerprint density at radius 3 is 1.26 bits per heavy atom. The molecule has 1 aliphatic heterocycles. The topological polar surface area (TPSA) is 0 Å². The Balaban J connectivity index is 1.78. The van der Waals surface area contributed by atoms with E-state index in [4.69, 9.17) is 0 Å². The zero-order chi connectivity index (χ0) is 25.5. The Hall–Kier alpha value is -4.46. The SMILES string of the molecule is Cc1ccc2c(c1)-c1ccccc1-c1ccccc1[Si](c1ccccc1)(c1ccccc1)c1ccccc1-2. The van der Waals surface area contributed by atoms with Gasteiger partial charge in [-0.2, -0.15) is 0 Å². The molecule has 0 radical (unpaired) electrons. The maximum Gasteiger partial charge on any atom is 0.180 e. The van der Waals surface area contributed by atoms with Gasteiger partial charge >= 0.3 is 0 Å². The maximum absolute atomic E-state index is 2.74. The molecule has 0 nitrogen and oxygen atoms in total. The van der Waals surface area contributed by atoms with Gasteiger partial charge in [0.25, 0.3) is 0 Å². The average molecular weight is 501 g/mol. The number of benzene rings is 6. The third-order valence-corrected chi connectivity index (χ3v) is 12.9. The summed E-state index contributed by atoms with van der Waals surface area (Å²) in [6.07, 6.45) is 0. The van der Waals surface area contributed by atoms with Crippen LogP contribution < -0.4 is 20.7 Å². The Bertz CT molecular complexity index is 1730. The molecule has 1 aliphatic rings. The van der Waals surface area contributed by atoms with Crippen LogP contribution in [0.25, 0.3) is 33.4 Å². The molecule has 7 rings (SSSR count). The lowest BCUT2D eigenvalue weighted by molar-refractivity contribution is 1.46. The van der Waals surface area contributed by atoms with Crippen molar-refractivity contribution >= 4 is 28.8 Å². The molecule has 0 saturated heterocycles. The van der Waals surface area contributed by atoms with Crippen LogP contribution in [0.1, 0.15) is 5.56 Å². The van der Waals surface area contributed by atoms with Gasteiger partial charge in [-0.25, -0.2) is 0 Å². The number of fused-ring (bicyclic) bond motifs is 7. The fourth-order valence-electron chi connectivity index (χ4n) is 6.47. The minimum atomic E-state index is -2.74. The van der Waals surface area contributed by atoms with Crippen molar-refractivity contribution in [2.24, 2.45) is 0 Å². The summed E-state index contributed by atoms with van der Waals surface area (Å²) in [4.78, 5) is 0. The standard InChI is InChI=1S/C37H28Si/c1-27-24-25-32-34-21-11-13-23-37(34)38(28-14-4-2-5-15-28,29-16-6-3-7-17-29)36-22-12-10-20-33(36)30-18-8-9-19-31(30)35(32)26-27/h2-26H,1H3. The van der Waals surface area contributed by atoms with Gasteiger partial charge in [-0.05, 0) is 61.1 Å². The molecule has 1 heteroatoms. The van der Waals surface area contributed by atoms with E-state index in [0.717, 1.165) is 0 Å². The lowest BCUT2D eigenvalue weighted by Crippen LogP contribution is -2.75. The minimum Gasteiger partial charge on any atom is -0.0623 e. The summed E-state index contributed by atoms with van der Waals surface area (Å²) in [6.45, 7) is 2.20. The van der Waals surface area contributed by atoms with Gasteiger partial charge in [0.15, 0.2) is 8.07 Å². The van der Waals surface area contributed by atoms with E-state index in [1.807, 2.05) is 0 Å². The Morgan fingerprint density at radius 1 is 0.342 bits per heavy atom. The highest BCUT2D eigenvalue weighted by Gasteiger charge is 2.45. The summed E-state index contributed by atoms with van der Waals surface area (Å²) >= 11 is 0. The van der Waals surface area contributed by atoms with E-state index in [0.29, 0.717) is 0 Å². The maximum atomic E-state index is 2.40. The molecule has 0 aliphatic carbocycles. The largest absolute Gasteiger partial charge is 0.180 e. The molecule has 6 aromatic rings. The predicted octanol–water partition coefficient (Wildman–Crippen LogP) is 6.69. The first kappa shape index (κ1) is 22.7. The molecule has 0 fully saturated rings. The third kappa shape index (κ3) is 3.36. The van der Waals surface area contributed by atoms with Crippen molar-refractivity contribution in [3.05, 3.63) is 157 Å². The average Bonchev–Trinajstić information content (AvgIpc) is 3.02. The Morgan fingerprint density at radius 2 is 0.737 bits per heavy atom. The van der Waals surface area contributed by atoms with E-state index < -0.39 is 8.07 Å². The van der Waals surface area contributed by atoms with Crippen molar-refractivity contribution in [2.75, 3.05) is 0 Å². The molecule has 0 amide bonds. The van der Waals surface area contributed by atoms with Crippen LogP contribution in [0.3, 0.4) is 0 Å². The van der Waals surface area contributed by atoms with Gasteiger partial charge < -0.3 is 0 Å². The van der Waals surface area contributed by atoms with Crippen molar-refractivity contribution in [3.63, 3.8) is 0 Å². The summed E-state index contributed by atoms with van der Waals surface area (Å²) in [5, 5.41) is 5.67. The molecule has 0 spiro atoms. The summed E-state index contributed by atoms with van der Waals surface area (Å²) in [5.74, 6) is 0. The predicted molar refractivity (Wildman–Crippen MR) is 165 cm³/mol. The van der Waals surface area contributed by atoms with E-state index in [2.05, 4.69) is 159 Å². The van der Waals surface area contributed by atoms with E-state index in [1.54, 1.807) is 0 Å². The first-order valence-electron chi connectivity index (χ1n) is 13.3. The summed E-state index contributed by atoms with van der Waals surface area (Å²) < 4.78 is 0. The van der Waals surface area contributed by atoms with Gasteiger partial charge in [0.1, 0.15) is 0 Å². The van der Waals surface area contributed by atoms with Crippen molar-refractivity contribution in [2.45, 2.75) is 6.92 Å². The number of hydrogen-bond acceptors (Lipinski definition) is 0. The normalized spacial score (nSPS) is 13.1. The third-order valence-electron chi connectivity index (χ3n) is 8.05. The number of rotatable bonds is 2. The van der Waals surface area contributed by atoms with Crippen molar-refractivity contribution in [3.8, 4) is 33.4 Å². The van der Waals surface area contributed by atoms with Crippen LogP contribution >= 0.6 is 0 Å². The first-order chi connectivity index (χ1) is 18.8. The highest BCUT2D eigenvalue weighted by molar-refractivity contribution is 7.21. The Kier molecular flexibility index (Phi) is 5.46. The van der Waals surface area contributed by atoms with Crippen LogP contribution in [0.4, 0.5) is 0 Å². The molecular weight excluding hydrogens is 472 g/mol. The second kappa shape index (κ2) is 9.13. The molecule has 1 heterocycles. The van der Waals surface area contributed by atoms with Crippen molar-refractivity contribution in [1.82, 2.24) is 0 Å². The molecular formula is C37H28Si. The molecule has 0 bridgehead atoms. The Labute approximate surface area is 225 Å². The van der Waals surface area contributed by atoms with Gasteiger partial charge in [0, 0.05) is 0 Å². The molecule has 6 aromatic carbocycles. The number of hydrogen-bond donors (Lipinski definition) is 0. The van der Waals surface area contributed by atoms with E-state index in [9.17, 15) is 0 Å². The van der Waals surface area contributed by atoms with Crippen LogP contribution in [0.5, 0.6) is 0 Å². The first-order valence-corrected chi connectivity index (χ1v) is 15.3. The molecule has 0 N–H and O–H groups in total. The highest BCUT2D eigenvalue weighted by Crippen LogP contribution is 2.40. The zero-order valence-corrected chi connectivity index (χ0v) is 22.4. The van der Waals surface area contributed by atoms with E-state index in [1.165, 1.54) is 59.7 Å². The summed E-state index contributed by atoms with van der Waals surface area (Å²) in [7, 11) is -2.74. The number of aryl methyl sites for hydroxylation is 1. The summed E-state index contributed by atoms with van der Waals surface area (Å²) in [6, 6.07) is 56.8. The van der Waals surface area contributed by atoms with E-state index >= 15 is 0 Å². The lowest BCUT2D eigenvalue weighted by atomic mass is 9.88. The minimum absolute atomic E-state index is 1.28. The molecule has 38 heavy (non-hydrogen) atoms. The molecule has 0 aromatic heterocycles. The lowest BCUT2D eigenvalue weighted by Gasteiger charge is -2.37. The molecule has 180 valence electrons. The molecule has 0 atom stereocenters. The van der Waals surface area contributed by atoms with Crippen LogP contribution in [0.15, 0.2) is 152 Å². The summed E-state index contributed by atoms with van der Waals surface area (Å²) in [5.41, 5.74) is 9.12. The van der Waals surface area contributed by atoms with Gasteiger partial charge in [-0.3, -0.25) is 0 Å². The molecule has 0 unspecified atom stereocenters. The quantitative estimate of drug-likeness (QED) is 0.232. The van der Waals surface area contributed by atoms with Gasteiger partial charge in [-0.15, -0.1) is 0 Å². The van der Waals surface area contributed by atoms with Crippen LogP contribution in [-0.4, -0.2) is 8.07 Å². The second-order valence-corrected chi connectivity index (χ2v) is 13.9. The fourth-order valence-corrected chi connectivity index (χ4v) is 11.7. The fraction of sp³-hybridized carbons (Fsp3) is 0.0270. The molecule has 0 saturated carbocycles. The highest BCUT2D eigenvalue weighted by atomic mass is 28.3. The van der Waals surface area contributed by atoms with E-state index in [-0.39, 0.29) is 0 Å².